The van der Waals surface area contributed by atoms with Gasteiger partial charge in [0.05, 0.1) is 23.3 Å². The van der Waals surface area contributed by atoms with Crippen LogP contribution in [0, 0.1) is 17.1 Å². The molecule has 2 fully saturated rings. The van der Waals surface area contributed by atoms with Crippen molar-refractivity contribution in [3.8, 4) is 17.6 Å². The predicted octanol–water partition coefficient (Wildman–Crippen LogP) is 5.89. The number of nitrogens with zero attached hydrogens (tertiary/aromatic N) is 2. The minimum Gasteiger partial charge on any atom is -0.487 e. The molecule has 2 saturated carbocycles. The summed E-state index contributed by atoms with van der Waals surface area (Å²) in [5.41, 5.74) is 1.90. The molecular weight excluding hydrogens is 395 g/mol. The summed E-state index contributed by atoms with van der Waals surface area (Å²) in [6, 6.07) is 14.5. The Kier molecular flexibility index (Phi) is 6.41. The van der Waals surface area contributed by atoms with E-state index in [4.69, 9.17) is 14.7 Å². The molecule has 0 unspecified atom stereocenters. The summed E-state index contributed by atoms with van der Waals surface area (Å²) < 4.78 is 25.5. The van der Waals surface area contributed by atoms with Crippen molar-refractivity contribution in [3.63, 3.8) is 0 Å². The highest BCUT2D eigenvalue weighted by Crippen LogP contribution is 2.42. The van der Waals surface area contributed by atoms with Crippen molar-refractivity contribution in [2.45, 2.75) is 69.5 Å². The summed E-state index contributed by atoms with van der Waals surface area (Å²) in [6.45, 7) is 0.306. The van der Waals surface area contributed by atoms with Gasteiger partial charge in [-0.15, -0.1) is 0 Å². The standard InChI is InChI=1S/C25H27FN2O3/c26-20-8-5-18(6-9-20)16-30-23-10-7-19(15-24(23)31-22-3-1-2-4-22)25(17-27)13-11-21(28-29)12-14-25/h5-10,15,22,29H,1-4,11-14,16H2. The number of ether oxygens (including phenoxy) is 2. The van der Waals surface area contributed by atoms with Crippen molar-refractivity contribution >= 4 is 5.71 Å². The number of hydrogen-bond donors (Lipinski definition) is 1. The lowest BCUT2D eigenvalue weighted by Crippen LogP contribution is -2.30. The third kappa shape index (κ3) is 4.82. The minimum absolute atomic E-state index is 0.154. The van der Waals surface area contributed by atoms with Crippen LogP contribution in [0.15, 0.2) is 47.6 Å². The molecule has 2 aliphatic rings. The number of benzene rings is 2. The summed E-state index contributed by atoms with van der Waals surface area (Å²) in [4.78, 5) is 0. The number of rotatable bonds is 6. The molecule has 0 saturated heterocycles. The molecule has 0 amide bonds. The molecule has 5 nitrogen and oxygen atoms in total. The summed E-state index contributed by atoms with van der Waals surface area (Å²) in [5, 5.41) is 22.4. The van der Waals surface area contributed by atoms with Gasteiger partial charge in [0.2, 0.25) is 0 Å². The van der Waals surface area contributed by atoms with Crippen molar-refractivity contribution in [1.82, 2.24) is 0 Å². The molecule has 0 radical (unpaired) electrons. The Labute approximate surface area is 182 Å². The second-order valence-electron chi connectivity index (χ2n) is 8.46. The quantitative estimate of drug-likeness (QED) is 0.465. The average molecular weight is 423 g/mol. The maximum absolute atomic E-state index is 13.2. The SMILES string of the molecule is N#CC1(c2ccc(OCc3ccc(F)cc3)c(OC3CCCC3)c2)CCC(=NO)CC1. The van der Waals surface area contributed by atoms with Crippen LogP contribution in [0.25, 0.3) is 0 Å². The molecule has 0 bridgehead atoms. The van der Waals surface area contributed by atoms with Gasteiger partial charge in [0.15, 0.2) is 11.5 Å². The zero-order chi connectivity index (χ0) is 21.7. The first-order valence-electron chi connectivity index (χ1n) is 10.9. The van der Waals surface area contributed by atoms with Crippen LogP contribution >= 0.6 is 0 Å². The van der Waals surface area contributed by atoms with Crippen LogP contribution in [0.5, 0.6) is 11.5 Å². The lowest BCUT2D eigenvalue weighted by atomic mass is 9.70. The third-order valence-electron chi connectivity index (χ3n) is 6.44. The smallest absolute Gasteiger partial charge is 0.161 e. The molecular formula is C25H27FN2O3. The number of halogens is 1. The highest BCUT2D eigenvalue weighted by Gasteiger charge is 2.37. The van der Waals surface area contributed by atoms with Crippen LogP contribution in [0.1, 0.15) is 62.5 Å². The Hall–Kier alpha value is -3.07. The molecule has 2 aromatic carbocycles. The van der Waals surface area contributed by atoms with Crippen LogP contribution in [0.2, 0.25) is 0 Å². The van der Waals surface area contributed by atoms with Crippen LogP contribution < -0.4 is 9.47 Å². The van der Waals surface area contributed by atoms with E-state index in [9.17, 15) is 9.65 Å². The molecule has 0 atom stereocenters. The largest absolute Gasteiger partial charge is 0.487 e. The molecule has 31 heavy (non-hydrogen) atoms. The van der Waals surface area contributed by atoms with Gasteiger partial charge in [-0.1, -0.05) is 23.4 Å². The summed E-state index contributed by atoms with van der Waals surface area (Å²) in [6.07, 6.45) is 6.92. The van der Waals surface area contributed by atoms with Crippen molar-refractivity contribution in [3.05, 3.63) is 59.4 Å². The van der Waals surface area contributed by atoms with Crippen molar-refractivity contribution < 1.29 is 19.1 Å². The van der Waals surface area contributed by atoms with Crippen molar-refractivity contribution in [1.29, 1.82) is 5.26 Å². The van der Waals surface area contributed by atoms with E-state index < -0.39 is 5.41 Å². The van der Waals surface area contributed by atoms with Gasteiger partial charge in [-0.2, -0.15) is 5.26 Å². The number of hydrogen-bond acceptors (Lipinski definition) is 5. The van der Waals surface area contributed by atoms with Crippen LogP contribution in [-0.4, -0.2) is 17.0 Å². The Morgan fingerprint density at radius 3 is 2.42 bits per heavy atom. The Bertz CT molecular complexity index is 965. The predicted molar refractivity (Wildman–Crippen MR) is 115 cm³/mol. The molecule has 162 valence electrons. The van der Waals surface area contributed by atoms with Crippen LogP contribution in [0.3, 0.4) is 0 Å². The minimum atomic E-state index is -0.628. The fourth-order valence-corrected chi connectivity index (χ4v) is 4.47. The molecule has 0 aliphatic heterocycles. The second kappa shape index (κ2) is 9.38. The maximum atomic E-state index is 13.2. The van der Waals surface area contributed by atoms with Gasteiger partial charge < -0.3 is 14.7 Å². The van der Waals surface area contributed by atoms with E-state index in [-0.39, 0.29) is 11.9 Å². The Morgan fingerprint density at radius 1 is 1.06 bits per heavy atom. The molecule has 2 aliphatic carbocycles. The van der Waals surface area contributed by atoms with E-state index in [1.54, 1.807) is 12.1 Å². The van der Waals surface area contributed by atoms with E-state index in [1.807, 2.05) is 18.2 Å². The maximum Gasteiger partial charge on any atom is 0.161 e. The lowest BCUT2D eigenvalue weighted by molar-refractivity contribution is 0.192. The van der Waals surface area contributed by atoms with Gasteiger partial charge >= 0.3 is 0 Å². The van der Waals surface area contributed by atoms with Crippen LogP contribution in [-0.2, 0) is 12.0 Å². The molecule has 0 heterocycles. The molecule has 6 heteroatoms. The van der Waals surface area contributed by atoms with E-state index in [1.165, 1.54) is 12.1 Å². The lowest BCUT2D eigenvalue weighted by Gasteiger charge is -2.32. The van der Waals surface area contributed by atoms with E-state index in [0.29, 0.717) is 43.8 Å². The first kappa shape index (κ1) is 21.2. The normalized spacial score (nSPS) is 21.5. The van der Waals surface area contributed by atoms with E-state index >= 15 is 0 Å². The summed E-state index contributed by atoms with van der Waals surface area (Å²) >= 11 is 0. The molecule has 2 aromatic rings. The fourth-order valence-electron chi connectivity index (χ4n) is 4.47. The molecule has 1 N–H and O–H groups in total. The van der Waals surface area contributed by atoms with Gasteiger partial charge in [0.1, 0.15) is 12.4 Å². The van der Waals surface area contributed by atoms with Gasteiger partial charge in [0, 0.05) is 0 Å². The van der Waals surface area contributed by atoms with Gasteiger partial charge in [-0.05, 0) is 86.8 Å². The first-order valence-corrected chi connectivity index (χ1v) is 10.9. The average Bonchev–Trinajstić information content (AvgIpc) is 3.32. The summed E-state index contributed by atoms with van der Waals surface area (Å²) in [7, 11) is 0. The first-order chi connectivity index (χ1) is 15.1. The van der Waals surface area contributed by atoms with Gasteiger partial charge in [-0.25, -0.2) is 4.39 Å². The number of nitriles is 1. The van der Waals surface area contributed by atoms with E-state index in [0.717, 1.165) is 42.5 Å². The zero-order valence-corrected chi connectivity index (χ0v) is 17.5. The monoisotopic (exact) mass is 422 g/mol. The van der Waals surface area contributed by atoms with Crippen LogP contribution in [0.4, 0.5) is 4.39 Å². The zero-order valence-electron chi connectivity index (χ0n) is 17.5. The van der Waals surface area contributed by atoms with Gasteiger partial charge in [-0.3, -0.25) is 0 Å². The topological polar surface area (TPSA) is 74.8 Å². The van der Waals surface area contributed by atoms with Crippen molar-refractivity contribution in [2.24, 2.45) is 5.16 Å². The molecule has 0 aromatic heterocycles. The second-order valence-corrected chi connectivity index (χ2v) is 8.46. The summed E-state index contributed by atoms with van der Waals surface area (Å²) in [5.74, 6) is 1.01. The molecule has 0 spiro atoms. The Balaban J connectivity index is 1.59. The van der Waals surface area contributed by atoms with Crippen molar-refractivity contribution in [2.75, 3.05) is 0 Å². The highest BCUT2D eigenvalue weighted by molar-refractivity contribution is 5.85. The third-order valence-corrected chi connectivity index (χ3v) is 6.44. The Morgan fingerprint density at radius 2 is 1.77 bits per heavy atom. The highest BCUT2D eigenvalue weighted by atomic mass is 19.1. The molecule has 4 rings (SSSR count). The number of oxime groups is 1. The fraction of sp³-hybridized carbons (Fsp3) is 0.440. The van der Waals surface area contributed by atoms with Gasteiger partial charge in [0.25, 0.3) is 0 Å². The van der Waals surface area contributed by atoms with E-state index in [2.05, 4.69) is 11.2 Å².